The fourth-order valence-corrected chi connectivity index (χ4v) is 2.55. The van der Waals surface area contributed by atoms with Crippen LogP contribution >= 0.6 is 35.6 Å². The van der Waals surface area contributed by atoms with Crippen LogP contribution in [0.15, 0.2) is 41.4 Å². The van der Waals surface area contributed by atoms with Gasteiger partial charge in [0.1, 0.15) is 12.4 Å². The molecule has 0 spiro atoms. The van der Waals surface area contributed by atoms with Crippen molar-refractivity contribution < 1.29 is 18.9 Å². The predicted octanol–water partition coefficient (Wildman–Crippen LogP) is 4.05. The second kappa shape index (κ2) is 12.4. The third-order valence-corrected chi connectivity index (χ3v) is 3.95. The summed E-state index contributed by atoms with van der Waals surface area (Å²) in [5.74, 6) is 2.86. The van der Waals surface area contributed by atoms with Gasteiger partial charge in [0.15, 0.2) is 17.5 Å². The zero-order chi connectivity index (χ0) is 19.6. The smallest absolute Gasteiger partial charge is 0.203 e. The summed E-state index contributed by atoms with van der Waals surface area (Å²) in [4.78, 5) is 4.20. The Bertz CT molecular complexity index is 765. The number of rotatable bonds is 8. The van der Waals surface area contributed by atoms with E-state index in [9.17, 15) is 0 Å². The molecule has 2 aromatic rings. The Morgan fingerprint density at radius 1 is 1.00 bits per heavy atom. The second-order valence-electron chi connectivity index (χ2n) is 5.32. The lowest BCUT2D eigenvalue weighted by Crippen LogP contribution is -2.33. The minimum absolute atomic E-state index is 0. The van der Waals surface area contributed by atoms with Crippen molar-refractivity contribution in [2.45, 2.75) is 0 Å². The van der Waals surface area contributed by atoms with Crippen molar-refractivity contribution in [1.82, 2.24) is 5.32 Å². The summed E-state index contributed by atoms with van der Waals surface area (Å²) in [5.41, 5.74) is 0.740. The van der Waals surface area contributed by atoms with Crippen LogP contribution in [0.4, 0.5) is 5.69 Å². The Labute approximate surface area is 187 Å². The van der Waals surface area contributed by atoms with Crippen LogP contribution in [0.25, 0.3) is 0 Å². The highest BCUT2D eigenvalue weighted by Gasteiger charge is 2.14. The normalized spacial score (nSPS) is 10.5. The second-order valence-corrected chi connectivity index (χ2v) is 5.72. The number of nitrogens with one attached hydrogen (secondary N) is 2. The molecule has 0 aromatic heterocycles. The Hall–Kier alpha value is -2.07. The van der Waals surface area contributed by atoms with Crippen LogP contribution in [0.2, 0.25) is 5.02 Å². The Morgan fingerprint density at radius 2 is 1.64 bits per heavy atom. The molecule has 28 heavy (non-hydrogen) atoms. The first-order valence-corrected chi connectivity index (χ1v) is 8.65. The Morgan fingerprint density at radius 3 is 2.18 bits per heavy atom. The highest BCUT2D eigenvalue weighted by atomic mass is 127. The van der Waals surface area contributed by atoms with Gasteiger partial charge in [-0.25, -0.2) is 0 Å². The molecule has 0 saturated heterocycles. The number of methoxy groups -OCH3 is 3. The van der Waals surface area contributed by atoms with Gasteiger partial charge in [-0.3, -0.25) is 4.99 Å². The van der Waals surface area contributed by atoms with Crippen LogP contribution in [0.3, 0.4) is 0 Å². The Kier molecular flexibility index (Phi) is 10.6. The summed E-state index contributed by atoms with van der Waals surface area (Å²) in [6.07, 6.45) is 0. The van der Waals surface area contributed by atoms with Crippen LogP contribution in [-0.2, 0) is 0 Å². The van der Waals surface area contributed by atoms with Gasteiger partial charge in [0.2, 0.25) is 5.75 Å². The van der Waals surface area contributed by atoms with Gasteiger partial charge in [-0.2, -0.15) is 0 Å². The summed E-state index contributed by atoms with van der Waals surface area (Å²) >= 11 is 6.07. The van der Waals surface area contributed by atoms with Crippen molar-refractivity contribution in [3.05, 3.63) is 41.4 Å². The predicted molar refractivity (Wildman–Crippen MR) is 123 cm³/mol. The summed E-state index contributed by atoms with van der Waals surface area (Å²) < 4.78 is 21.7. The zero-order valence-corrected chi connectivity index (χ0v) is 19.3. The number of nitrogens with zero attached hydrogens (tertiary/aromatic N) is 1. The first-order valence-electron chi connectivity index (χ1n) is 8.28. The van der Waals surface area contributed by atoms with Crippen LogP contribution in [-0.4, -0.2) is 47.5 Å². The van der Waals surface area contributed by atoms with Crippen LogP contribution < -0.4 is 29.6 Å². The molecular formula is C19H25ClIN3O4. The number of halogens is 2. The molecule has 0 aliphatic carbocycles. The monoisotopic (exact) mass is 521 g/mol. The molecule has 0 atom stereocenters. The molecule has 0 aliphatic heterocycles. The van der Waals surface area contributed by atoms with Gasteiger partial charge < -0.3 is 29.6 Å². The first-order chi connectivity index (χ1) is 13.1. The molecule has 0 bridgehead atoms. The molecule has 154 valence electrons. The van der Waals surface area contributed by atoms with E-state index in [1.807, 2.05) is 18.2 Å². The van der Waals surface area contributed by atoms with Crippen molar-refractivity contribution in [3.63, 3.8) is 0 Å². The van der Waals surface area contributed by atoms with Crippen LogP contribution in [0.1, 0.15) is 0 Å². The molecule has 0 amide bonds. The fourth-order valence-electron chi connectivity index (χ4n) is 2.36. The third-order valence-electron chi connectivity index (χ3n) is 3.64. The summed E-state index contributed by atoms with van der Waals surface area (Å²) in [6.45, 7) is 0.967. The van der Waals surface area contributed by atoms with E-state index < -0.39 is 0 Å². The van der Waals surface area contributed by atoms with Crippen LogP contribution in [0.5, 0.6) is 23.0 Å². The van der Waals surface area contributed by atoms with Gasteiger partial charge in [0.05, 0.1) is 32.9 Å². The van der Waals surface area contributed by atoms with E-state index in [4.69, 9.17) is 30.5 Å². The van der Waals surface area contributed by atoms with Crippen molar-refractivity contribution in [2.24, 2.45) is 4.99 Å². The highest BCUT2D eigenvalue weighted by Crippen LogP contribution is 2.39. The molecule has 2 rings (SSSR count). The first kappa shape index (κ1) is 24.0. The lowest BCUT2D eigenvalue weighted by Gasteiger charge is -2.16. The van der Waals surface area contributed by atoms with Gasteiger partial charge in [0.25, 0.3) is 0 Å². The van der Waals surface area contributed by atoms with Crippen molar-refractivity contribution in [1.29, 1.82) is 0 Å². The van der Waals surface area contributed by atoms with Gasteiger partial charge in [-0.05, 0) is 12.1 Å². The maximum Gasteiger partial charge on any atom is 0.203 e. The molecule has 2 aromatic carbocycles. The van der Waals surface area contributed by atoms with E-state index in [1.54, 1.807) is 46.6 Å². The average Bonchev–Trinajstić information content (AvgIpc) is 2.70. The van der Waals surface area contributed by atoms with E-state index >= 15 is 0 Å². The number of anilines is 1. The summed E-state index contributed by atoms with van der Waals surface area (Å²) in [6, 6.07) is 10.9. The van der Waals surface area contributed by atoms with Gasteiger partial charge in [-0.1, -0.05) is 23.7 Å². The maximum atomic E-state index is 6.07. The van der Waals surface area contributed by atoms with Crippen molar-refractivity contribution in [3.8, 4) is 23.0 Å². The van der Waals surface area contributed by atoms with E-state index in [0.29, 0.717) is 47.1 Å². The third kappa shape index (κ3) is 6.52. The summed E-state index contributed by atoms with van der Waals surface area (Å²) in [7, 11) is 6.38. The molecule has 7 nitrogen and oxygen atoms in total. The molecule has 0 saturated carbocycles. The number of hydrogen-bond donors (Lipinski definition) is 2. The minimum atomic E-state index is 0. The summed E-state index contributed by atoms with van der Waals surface area (Å²) in [5, 5.41) is 6.93. The molecule has 9 heteroatoms. The number of hydrogen-bond acceptors (Lipinski definition) is 5. The molecular weight excluding hydrogens is 497 g/mol. The zero-order valence-electron chi connectivity index (χ0n) is 16.2. The van der Waals surface area contributed by atoms with Gasteiger partial charge >= 0.3 is 0 Å². The highest BCUT2D eigenvalue weighted by molar-refractivity contribution is 14.0. The van der Waals surface area contributed by atoms with Gasteiger partial charge in [0, 0.05) is 24.9 Å². The van der Waals surface area contributed by atoms with Crippen molar-refractivity contribution >= 4 is 47.2 Å². The SMILES string of the molecule is CN=C(NCCOc1ccccc1Cl)Nc1cc(OC)c(OC)c(OC)c1.I. The minimum Gasteiger partial charge on any atom is -0.493 e. The number of benzene rings is 2. The largest absolute Gasteiger partial charge is 0.493 e. The lowest BCUT2D eigenvalue weighted by molar-refractivity contribution is 0.322. The van der Waals surface area contributed by atoms with E-state index in [1.165, 1.54) is 0 Å². The standard InChI is InChI=1S/C19H24ClN3O4.HI/c1-21-19(22-9-10-27-15-8-6-5-7-14(15)20)23-13-11-16(24-2)18(26-4)17(12-13)25-3;/h5-8,11-12H,9-10H2,1-4H3,(H2,21,22,23);1H. The van der Waals surface area contributed by atoms with E-state index in [-0.39, 0.29) is 24.0 Å². The number of ether oxygens (including phenoxy) is 4. The average molecular weight is 522 g/mol. The number of para-hydroxylation sites is 1. The number of guanidine groups is 1. The Balaban J connectivity index is 0.00000392. The molecule has 2 N–H and O–H groups in total. The lowest BCUT2D eigenvalue weighted by atomic mass is 10.2. The maximum absolute atomic E-state index is 6.07. The molecule has 0 heterocycles. The quantitative estimate of drug-likeness (QED) is 0.236. The van der Waals surface area contributed by atoms with E-state index in [2.05, 4.69) is 15.6 Å². The topological polar surface area (TPSA) is 73.3 Å². The molecule has 0 radical (unpaired) electrons. The number of aliphatic imine (C=N–C) groups is 1. The fraction of sp³-hybridized carbons (Fsp3) is 0.316. The molecule has 0 aliphatic rings. The van der Waals surface area contributed by atoms with Gasteiger partial charge in [-0.15, -0.1) is 24.0 Å². The van der Waals surface area contributed by atoms with Crippen molar-refractivity contribution in [2.75, 3.05) is 46.8 Å². The van der Waals surface area contributed by atoms with E-state index in [0.717, 1.165) is 5.69 Å². The molecule has 0 unspecified atom stereocenters. The molecule has 0 fully saturated rings. The van der Waals surface area contributed by atoms with Crippen LogP contribution in [0, 0.1) is 0 Å².